The Balaban J connectivity index is 0.00000144. The highest BCUT2D eigenvalue weighted by atomic mass is 35.5. The molecule has 0 saturated heterocycles. The second-order valence-electron chi connectivity index (χ2n) is 4.63. The van der Waals surface area contributed by atoms with Crippen LogP contribution in [-0.4, -0.2) is 29.3 Å². The first-order chi connectivity index (χ1) is 7.81. The van der Waals surface area contributed by atoms with Crippen molar-refractivity contribution in [2.24, 2.45) is 5.73 Å². The highest BCUT2D eigenvalue weighted by Gasteiger charge is 2.23. The van der Waals surface area contributed by atoms with E-state index in [9.17, 15) is 0 Å². The van der Waals surface area contributed by atoms with Crippen LogP contribution < -0.4 is 5.73 Å². The lowest BCUT2D eigenvalue weighted by atomic mass is 9.84. The van der Waals surface area contributed by atoms with Gasteiger partial charge < -0.3 is 15.0 Å². The molecule has 1 aliphatic rings. The van der Waals surface area contributed by atoms with Crippen molar-refractivity contribution in [1.82, 2.24) is 9.55 Å². The van der Waals surface area contributed by atoms with Crippen LogP contribution >= 0.6 is 24.8 Å². The molecule has 106 valence electrons. The van der Waals surface area contributed by atoms with Gasteiger partial charge in [-0.05, 0) is 19.3 Å². The largest absolute Gasteiger partial charge is 0.383 e. The van der Waals surface area contributed by atoms with E-state index in [1.54, 1.807) is 7.11 Å². The summed E-state index contributed by atoms with van der Waals surface area (Å²) in [6.07, 6.45) is 8.63. The van der Waals surface area contributed by atoms with Crippen molar-refractivity contribution in [3.63, 3.8) is 0 Å². The minimum absolute atomic E-state index is 0. The Morgan fingerprint density at radius 2 is 2.22 bits per heavy atom. The summed E-state index contributed by atoms with van der Waals surface area (Å²) >= 11 is 0. The molecule has 1 aromatic heterocycles. The standard InChI is InChI=1S/C12H21N3O.2ClH/c1-16-6-5-15-9-14-8-12(15)10-3-2-4-11(13)7-10;;/h8-11H,2-7,13H2,1H3;2*1H. The quantitative estimate of drug-likeness (QED) is 0.928. The molecule has 18 heavy (non-hydrogen) atoms. The fourth-order valence-electron chi connectivity index (χ4n) is 2.54. The Bertz CT molecular complexity index is 333. The first kappa shape index (κ1) is 17.7. The van der Waals surface area contributed by atoms with Crippen LogP contribution in [0.5, 0.6) is 0 Å². The topological polar surface area (TPSA) is 53.1 Å². The number of ether oxygens (including phenoxy) is 1. The molecule has 2 N–H and O–H groups in total. The second kappa shape index (κ2) is 8.75. The predicted molar refractivity (Wildman–Crippen MR) is 77.8 cm³/mol. The molecule has 0 amide bonds. The molecule has 1 saturated carbocycles. The molecule has 0 radical (unpaired) electrons. The minimum atomic E-state index is 0. The summed E-state index contributed by atoms with van der Waals surface area (Å²) in [4.78, 5) is 4.24. The van der Waals surface area contributed by atoms with Gasteiger partial charge in [0.1, 0.15) is 0 Å². The van der Waals surface area contributed by atoms with Crippen LogP contribution in [0, 0.1) is 0 Å². The molecule has 4 nitrogen and oxygen atoms in total. The number of rotatable bonds is 4. The third-order valence-electron chi connectivity index (χ3n) is 3.41. The van der Waals surface area contributed by atoms with Crippen molar-refractivity contribution in [1.29, 1.82) is 0 Å². The third-order valence-corrected chi connectivity index (χ3v) is 3.41. The van der Waals surface area contributed by atoms with Gasteiger partial charge in [-0.3, -0.25) is 0 Å². The van der Waals surface area contributed by atoms with E-state index in [1.807, 2.05) is 12.5 Å². The number of aromatic nitrogens is 2. The Kier molecular flexibility index (Phi) is 8.61. The molecule has 1 aromatic rings. The van der Waals surface area contributed by atoms with E-state index in [-0.39, 0.29) is 24.8 Å². The van der Waals surface area contributed by atoms with Gasteiger partial charge in [-0.25, -0.2) is 4.98 Å². The summed E-state index contributed by atoms with van der Waals surface area (Å²) in [5.74, 6) is 0.586. The molecule has 0 aliphatic heterocycles. The summed E-state index contributed by atoms with van der Waals surface area (Å²) < 4.78 is 7.31. The van der Waals surface area contributed by atoms with Gasteiger partial charge in [0.15, 0.2) is 0 Å². The van der Waals surface area contributed by atoms with Crippen molar-refractivity contribution in [3.05, 3.63) is 18.2 Å². The van der Waals surface area contributed by atoms with Gasteiger partial charge in [0.2, 0.25) is 0 Å². The van der Waals surface area contributed by atoms with Crippen molar-refractivity contribution in [3.8, 4) is 0 Å². The van der Waals surface area contributed by atoms with E-state index in [1.165, 1.54) is 25.0 Å². The lowest BCUT2D eigenvalue weighted by molar-refractivity contribution is 0.185. The van der Waals surface area contributed by atoms with E-state index in [2.05, 4.69) is 9.55 Å². The third kappa shape index (κ3) is 4.43. The fourth-order valence-corrected chi connectivity index (χ4v) is 2.54. The number of hydrogen-bond acceptors (Lipinski definition) is 3. The SMILES string of the molecule is COCCn1cncc1C1CCCC(N)C1.Cl.Cl. The van der Waals surface area contributed by atoms with Crippen molar-refractivity contribution in [2.75, 3.05) is 13.7 Å². The zero-order valence-corrected chi connectivity index (χ0v) is 12.4. The molecule has 2 rings (SSSR count). The average Bonchev–Trinajstić information content (AvgIpc) is 2.74. The minimum Gasteiger partial charge on any atom is -0.383 e. The zero-order valence-electron chi connectivity index (χ0n) is 10.7. The van der Waals surface area contributed by atoms with Gasteiger partial charge in [0.25, 0.3) is 0 Å². The maximum Gasteiger partial charge on any atom is 0.0949 e. The molecule has 0 bridgehead atoms. The van der Waals surface area contributed by atoms with Crippen LogP contribution in [0.2, 0.25) is 0 Å². The predicted octanol–water partition coefficient (Wildman–Crippen LogP) is 2.36. The Morgan fingerprint density at radius 1 is 1.44 bits per heavy atom. The molecule has 1 heterocycles. The van der Waals surface area contributed by atoms with Gasteiger partial charge in [-0.15, -0.1) is 24.8 Å². The molecule has 1 fully saturated rings. The average molecular weight is 296 g/mol. The van der Waals surface area contributed by atoms with E-state index in [4.69, 9.17) is 10.5 Å². The van der Waals surface area contributed by atoms with Crippen molar-refractivity contribution >= 4 is 24.8 Å². The summed E-state index contributed by atoms with van der Waals surface area (Å²) in [7, 11) is 1.73. The zero-order chi connectivity index (χ0) is 11.4. The lowest BCUT2D eigenvalue weighted by Gasteiger charge is -2.27. The van der Waals surface area contributed by atoms with Crippen LogP contribution in [0.25, 0.3) is 0 Å². The van der Waals surface area contributed by atoms with Gasteiger partial charge in [-0.2, -0.15) is 0 Å². The van der Waals surface area contributed by atoms with Crippen LogP contribution in [0.1, 0.15) is 37.3 Å². The normalized spacial score (nSPS) is 23.0. The first-order valence-corrected chi connectivity index (χ1v) is 6.06. The summed E-state index contributed by atoms with van der Waals surface area (Å²) in [5.41, 5.74) is 7.35. The first-order valence-electron chi connectivity index (χ1n) is 6.06. The van der Waals surface area contributed by atoms with E-state index in [0.29, 0.717) is 12.0 Å². The van der Waals surface area contributed by atoms with E-state index in [0.717, 1.165) is 19.6 Å². The Hall–Kier alpha value is -0.290. The monoisotopic (exact) mass is 295 g/mol. The Morgan fingerprint density at radius 3 is 2.89 bits per heavy atom. The van der Waals surface area contributed by atoms with Crippen molar-refractivity contribution in [2.45, 2.75) is 44.2 Å². The molecule has 2 unspecified atom stereocenters. The van der Waals surface area contributed by atoms with Crippen molar-refractivity contribution < 1.29 is 4.74 Å². The molecule has 2 atom stereocenters. The van der Waals surface area contributed by atoms with Gasteiger partial charge >= 0.3 is 0 Å². The number of methoxy groups -OCH3 is 1. The number of halogens is 2. The number of imidazole rings is 1. The molecule has 0 aromatic carbocycles. The van der Waals surface area contributed by atoms with Crippen LogP contribution in [-0.2, 0) is 11.3 Å². The highest BCUT2D eigenvalue weighted by Crippen LogP contribution is 2.31. The number of nitrogens with two attached hydrogens (primary N) is 1. The fraction of sp³-hybridized carbons (Fsp3) is 0.750. The highest BCUT2D eigenvalue weighted by molar-refractivity contribution is 5.85. The summed E-state index contributed by atoms with van der Waals surface area (Å²) in [6, 6.07) is 0.365. The van der Waals surface area contributed by atoms with Gasteiger partial charge in [-0.1, -0.05) is 6.42 Å². The maximum atomic E-state index is 6.03. The van der Waals surface area contributed by atoms with Crippen LogP contribution in [0.3, 0.4) is 0 Å². The number of hydrogen-bond donors (Lipinski definition) is 1. The number of nitrogens with zero attached hydrogens (tertiary/aromatic N) is 2. The van der Waals surface area contributed by atoms with Crippen LogP contribution in [0.4, 0.5) is 0 Å². The molecular formula is C12H23Cl2N3O. The summed E-state index contributed by atoms with van der Waals surface area (Å²) in [5, 5.41) is 0. The van der Waals surface area contributed by atoms with Gasteiger partial charge in [0.05, 0.1) is 12.9 Å². The molecular weight excluding hydrogens is 273 g/mol. The molecule has 6 heteroatoms. The molecule has 1 aliphatic carbocycles. The summed E-state index contributed by atoms with van der Waals surface area (Å²) in [6.45, 7) is 1.62. The maximum absolute atomic E-state index is 6.03. The van der Waals surface area contributed by atoms with E-state index >= 15 is 0 Å². The van der Waals surface area contributed by atoms with Gasteiger partial charge in [0, 0.05) is 37.5 Å². The Labute approximate surface area is 121 Å². The lowest BCUT2D eigenvalue weighted by Crippen LogP contribution is -2.27. The second-order valence-corrected chi connectivity index (χ2v) is 4.63. The van der Waals surface area contributed by atoms with Crippen LogP contribution in [0.15, 0.2) is 12.5 Å². The smallest absolute Gasteiger partial charge is 0.0949 e. The van der Waals surface area contributed by atoms with E-state index < -0.39 is 0 Å². The molecule has 0 spiro atoms.